The van der Waals surface area contributed by atoms with Crippen LogP contribution in [0.5, 0.6) is 0 Å². The summed E-state index contributed by atoms with van der Waals surface area (Å²) in [6.45, 7) is 0. The summed E-state index contributed by atoms with van der Waals surface area (Å²) in [6.07, 6.45) is 0.666. The van der Waals surface area contributed by atoms with Crippen LogP contribution in [-0.2, 0) is 0 Å². The zero-order valence-corrected chi connectivity index (χ0v) is 13.7. The summed E-state index contributed by atoms with van der Waals surface area (Å²) in [6, 6.07) is 26.1. The van der Waals surface area contributed by atoms with Crippen molar-refractivity contribution < 1.29 is 0 Å². The van der Waals surface area contributed by atoms with Gasteiger partial charge in [0.25, 0.3) is 0 Å². The van der Waals surface area contributed by atoms with E-state index < -0.39 is 0 Å². The summed E-state index contributed by atoms with van der Waals surface area (Å²) in [5.74, 6) is 0. The van der Waals surface area contributed by atoms with Crippen molar-refractivity contribution in [3.8, 4) is 0 Å². The van der Waals surface area contributed by atoms with E-state index in [1.807, 2.05) is 66.7 Å². The van der Waals surface area contributed by atoms with Gasteiger partial charge >= 0.3 is 0 Å². The molecule has 0 atom stereocenters. The Morgan fingerprint density at radius 1 is 0.625 bits per heavy atom. The third kappa shape index (κ3) is 3.01. The number of aliphatic imine (C=N–C) groups is 2. The second kappa shape index (κ2) is 6.42. The average Bonchev–Trinajstić information content (AvgIpc) is 2.82. The fourth-order valence-corrected chi connectivity index (χ4v) is 3.00. The van der Waals surface area contributed by atoms with Crippen molar-refractivity contribution in [2.24, 2.45) is 9.98 Å². The monoisotopic (exact) mass is 330 g/mol. The highest BCUT2D eigenvalue weighted by atomic mass is 35.5. The van der Waals surface area contributed by atoms with Gasteiger partial charge in [-0.3, -0.25) is 9.98 Å². The molecule has 0 saturated carbocycles. The Kier molecular flexibility index (Phi) is 3.97. The lowest BCUT2D eigenvalue weighted by Crippen LogP contribution is -2.09. The first kappa shape index (κ1) is 14.9. The SMILES string of the molecule is Clc1cccc(C2=Nc3ccccc3N=C(c3ccccc3)C2)c1. The zero-order chi connectivity index (χ0) is 16.4. The molecule has 116 valence electrons. The predicted octanol–water partition coefficient (Wildman–Crippen LogP) is 5.99. The molecule has 1 aliphatic heterocycles. The molecule has 1 aliphatic rings. The van der Waals surface area contributed by atoms with Gasteiger partial charge in [-0.2, -0.15) is 0 Å². The Morgan fingerprint density at radius 2 is 1.21 bits per heavy atom. The maximum Gasteiger partial charge on any atom is 0.0889 e. The van der Waals surface area contributed by atoms with E-state index in [1.165, 1.54) is 0 Å². The minimum Gasteiger partial charge on any atom is -0.250 e. The van der Waals surface area contributed by atoms with Gasteiger partial charge in [0, 0.05) is 11.4 Å². The van der Waals surface area contributed by atoms with Crippen LogP contribution in [0.15, 0.2) is 88.8 Å². The number of nitrogens with zero attached hydrogens (tertiary/aromatic N) is 2. The van der Waals surface area contributed by atoms with Gasteiger partial charge in [0.1, 0.15) is 0 Å². The van der Waals surface area contributed by atoms with Gasteiger partial charge in [-0.1, -0.05) is 66.2 Å². The smallest absolute Gasteiger partial charge is 0.0889 e. The molecule has 1 heterocycles. The van der Waals surface area contributed by atoms with Crippen molar-refractivity contribution in [1.82, 2.24) is 0 Å². The lowest BCUT2D eigenvalue weighted by Gasteiger charge is -2.08. The highest BCUT2D eigenvalue weighted by Crippen LogP contribution is 2.32. The van der Waals surface area contributed by atoms with E-state index in [0.29, 0.717) is 11.4 Å². The molecule has 2 nitrogen and oxygen atoms in total. The van der Waals surface area contributed by atoms with E-state index >= 15 is 0 Å². The first-order valence-electron chi connectivity index (χ1n) is 7.85. The van der Waals surface area contributed by atoms with Gasteiger partial charge in [0.05, 0.1) is 22.8 Å². The number of rotatable bonds is 2. The summed E-state index contributed by atoms with van der Waals surface area (Å²) in [4.78, 5) is 9.75. The average molecular weight is 331 g/mol. The van der Waals surface area contributed by atoms with Crippen molar-refractivity contribution >= 4 is 34.4 Å². The number of para-hydroxylation sites is 2. The number of hydrogen-bond acceptors (Lipinski definition) is 2. The fraction of sp³-hybridized carbons (Fsp3) is 0.0476. The second-order valence-electron chi connectivity index (χ2n) is 5.66. The maximum atomic E-state index is 6.17. The molecule has 0 fully saturated rings. The van der Waals surface area contributed by atoms with E-state index in [1.54, 1.807) is 0 Å². The molecule has 0 N–H and O–H groups in total. The summed E-state index contributed by atoms with van der Waals surface area (Å²) < 4.78 is 0. The number of halogens is 1. The summed E-state index contributed by atoms with van der Waals surface area (Å²) >= 11 is 6.17. The molecule has 3 heteroatoms. The van der Waals surface area contributed by atoms with Crippen LogP contribution in [0.2, 0.25) is 5.02 Å². The Hall–Kier alpha value is -2.71. The largest absolute Gasteiger partial charge is 0.250 e. The first-order valence-corrected chi connectivity index (χ1v) is 8.23. The molecule has 0 unspecified atom stereocenters. The van der Waals surface area contributed by atoms with Crippen LogP contribution in [0.4, 0.5) is 11.4 Å². The van der Waals surface area contributed by atoms with E-state index in [-0.39, 0.29) is 0 Å². The van der Waals surface area contributed by atoms with Crippen LogP contribution in [0.1, 0.15) is 17.5 Å². The topological polar surface area (TPSA) is 24.7 Å². The fourth-order valence-electron chi connectivity index (χ4n) is 2.81. The quantitative estimate of drug-likeness (QED) is 0.551. The molecule has 0 aliphatic carbocycles. The van der Waals surface area contributed by atoms with Gasteiger partial charge in [-0.25, -0.2) is 0 Å². The minimum absolute atomic E-state index is 0.666. The van der Waals surface area contributed by atoms with Gasteiger partial charge < -0.3 is 0 Å². The van der Waals surface area contributed by atoms with E-state index in [4.69, 9.17) is 21.6 Å². The molecular formula is C21H15ClN2. The van der Waals surface area contributed by atoms with Crippen molar-refractivity contribution in [2.75, 3.05) is 0 Å². The third-order valence-corrected chi connectivity index (χ3v) is 4.23. The van der Waals surface area contributed by atoms with Gasteiger partial charge in [-0.05, 0) is 35.4 Å². The van der Waals surface area contributed by atoms with Crippen LogP contribution in [0.25, 0.3) is 0 Å². The third-order valence-electron chi connectivity index (χ3n) is 3.99. The van der Waals surface area contributed by atoms with Crippen molar-refractivity contribution in [3.05, 3.63) is 95.0 Å². The summed E-state index contributed by atoms with van der Waals surface area (Å²) in [7, 11) is 0. The van der Waals surface area contributed by atoms with Crippen molar-refractivity contribution in [2.45, 2.75) is 6.42 Å². The van der Waals surface area contributed by atoms with Crippen molar-refractivity contribution in [1.29, 1.82) is 0 Å². The Morgan fingerprint density at radius 3 is 1.88 bits per heavy atom. The Bertz CT molecular complexity index is 943. The van der Waals surface area contributed by atoms with Crippen LogP contribution in [0.3, 0.4) is 0 Å². The molecular weight excluding hydrogens is 316 g/mol. The van der Waals surface area contributed by atoms with E-state index in [0.717, 1.165) is 33.9 Å². The molecule has 0 saturated heterocycles. The van der Waals surface area contributed by atoms with E-state index in [2.05, 4.69) is 12.1 Å². The van der Waals surface area contributed by atoms with Gasteiger partial charge in [0.15, 0.2) is 0 Å². The summed E-state index contributed by atoms with van der Waals surface area (Å²) in [5.41, 5.74) is 5.92. The normalized spacial score (nSPS) is 13.5. The molecule has 0 bridgehead atoms. The van der Waals surface area contributed by atoms with Crippen LogP contribution in [0, 0.1) is 0 Å². The molecule has 4 rings (SSSR count). The number of fused-ring (bicyclic) bond motifs is 1. The highest BCUT2D eigenvalue weighted by molar-refractivity contribution is 6.31. The Labute approximate surface area is 146 Å². The predicted molar refractivity (Wildman–Crippen MR) is 101 cm³/mol. The molecule has 3 aromatic carbocycles. The molecule has 0 amide bonds. The van der Waals surface area contributed by atoms with Crippen LogP contribution >= 0.6 is 11.6 Å². The lowest BCUT2D eigenvalue weighted by molar-refractivity contribution is 1.44. The number of benzene rings is 3. The van der Waals surface area contributed by atoms with Gasteiger partial charge in [0.2, 0.25) is 0 Å². The van der Waals surface area contributed by atoms with Crippen molar-refractivity contribution in [3.63, 3.8) is 0 Å². The molecule has 0 spiro atoms. The standard InChI is InChI=1S/C21H15ClN2/c22-17-10-6-9-16(13-17)21-14-20(15-7-2-1-3-8-15)23-18-11-4-5-12-19(18)24-21/h1-13H,14H2. The molecule has 3 aromatic rings. The molecule has 24 heavy (non-hydrogen) atoms. The molecule has 0 radical (unpaired) electrons. The summed E-state index contributed by atoms with van der Waals surface area (Å²) in [5, 5.41) is 0.714. The first-order chi connectivity index (χ1) is 11.8. The maximum absolute atomic E-state index is 6.17. The van der Waals surface area contributed by atoms with Crippen LogP contribution in [-0.4, -0.2) is 11.4 Å². The Balaban J connectivity index is 1.87. The number of hydrogen-bond donors (Lipinski definition) is 0. The zero-order valence-electron chi connectivity index (χ0n) is 13.0. The highest BCUT2D eigenvalue weighted by Gasteiger charge is 2.16. The van der Waals surface area contributed by atoms with Crippen LogP contribution < -0.4 is 0 Å². The van der Waals surface area contributed by atoms with E-state index in [9.17, 15) is 0 Å². The molecule has 0 aromatic heterocycles. The second-order valence-corrected chi connectivity index (χ2v) is 6.10. The minimum atomic E-state index is 0.666. The van der Waals surface area contributed by atoms with Gasteiger partial charge in [-0.15, -0.1) is 0 Å². The lowest BCUT2D eigenvalue weighted by atomic mass is 10.00.